The molecule has 2 fully saturated rings. The second-order valence-corrected chi connectivity index (χ2v) is 9.45. The highest BCUT2D eigenvalue weighted by Gasteiger charge is 2.34. The highest BCUT2D eigenvalue weighted by Crippen LogP contribution is 2.41. The molecule has 3 nitrogen and oxygen atoms in total. The largest absolute Gasteiger partial charge is 0.423 e. The first kappa shape index (κ1) is 24.5. The zero-order valence-electron chi connectivity index (χ0n) is 19.8. The lowest BCUT2D eigenvalue weighted by molar-refractivity contribution is -0.140. The van der Waals surface area contributed by atoms with Crippen LogP contribution in [0.25, 0.3) is 11.1 Å². The standard InChI is InChI=1S/C29H26F4O3/c1-2-16-3-5-17(6-4-16)21-13-14-23(28(33)26(21)31)36-29(34)19-9-7-18(8-10-19)20-11-12-22(24-15-35-24)27(32)25(20)30/h3-6,11-14,18-19,24H,2,7-10,15H2,1H3. The van der Waals surface area contributed by atoms with Crippen LogP contribution in [0.4, 0.5) is 17.6 Å². The summed E-state index contributed by atoms with van der Waals surface area (Å²) in [5.41, 5.74) is 2.22. The van der Waals surface area contributed by atoms with Crippen LogP contribution in [0.2, 0.25) is 0 Å². The Morgan fingerprint density at radius 2 is 1.47 bits per heavy atom. The minimum atomic E-state index is -1.22. The Bertz CT molecular complexity index is 1280. The van der Waals surface area contributed by atoms with Crippen molar-refractivity contribution in [2.45, 2.75) is 51.0 Å². The third kappa shape index (κ3) is 4.76. The summed E-state index contributed by atoms with van der Waals surface area (Å²) in [4.78, 5) is 12.7. The van der Waals surface area contributed by atoms with Gasteiger partial charge in [-0.05, 0) is 66.8 Å². The number of benzene rings is 3. The van der Waals surface area contributed by atoms with Crippen LogP contribution in [0, 0.1) is 29.2 Å². The van der Waals surface area contributed by atoms with Crippen LogP contribution in [0.3, 0.4) is 0 Å². The lowest BCUT2D eigenvalue weighted by Crippen LogP contribution is -2.26. The van der Waals surface area contributed by atoms with Crippen LogP contribution in [0.15, 0.2) is 48.5 Å². The number of esters is 1. The molecular weight excluding hydrogens is 472 g/mol. The van der Waals surface area contributed by atoms with Gasteiger partial charge in [-0.15, -0.1) is 0 Å². The zero-order valence-corrected chi connectivity index (χ0v) is 19.8. The van der Waals surface area contributed by atoms with E-state index in [0.29, 0.717) is 43.4 Å². The molecule has 0 N–H and O–H groups in total. The van der Waals surface area contributed by atoms with E-state index in [9.17, 15) is 22.4 Å². The number of epoxide rings is 1. The van der Waals surface area contributed by atoms with E-state index < -0.39 is 40.9 Å². The Kier molecular flexibility index (Phi) is 6.84. The van der Waals surface area contributed by atoms with E-state index in [4.69, 9.17) is 9.47 Å². The van der Waals surface area contributed by atoms with Gasteiger partial charge in [0.15, 0.2) is 23.2 Å². The molecule has 1 saturated carbocycles. The highest BCUT2D eigenvalue weighted by atomic mass is 19.2. The average molecular weight is 499 g/mol. The number of halogens is 4. The summed E-state index contributed by atoms with van der Waals surface area (Å²) >= 11 is 0. The van der Waals surface area contributed by atoms with Gasteiger partial charge in [0.25, 0.3) is 0 Å². The number of hydrogen-bond acceptors (Lipinski definition) is 3. The summed E-state index contributed by atoms with van der Waals surface area (Å²) in [6.07, 6.45) is 2.13. The third-order valence-electron chi connectivity index (χ3n) is 7.25. The molecule has 0 aromatic heterocycles. The maximum atomic E-state index is 14.8. The number of hydrogen-bond donors (Lipinski definition) is 0. The molecule has 5 rings (SSSR count). The minimum absolute atomic E-state index is 0.0870. The maximum Gasteiger partial charge on any atom is 0.314 e. The average Bonchev–Trinajstić information content (AvgIpc) is 3.74. The van der Waals surface area contributed by atoms with Crippen molar-refractivity contribution in [3.8, 4) is 16.9 Å². The van der Waals surface area contributed by atoms with Crippen molar-refractivity contribution >= 4 is 5.97 Å². The molecule has 1 saturated heterocycles. The van der Waals surface area contributed by atoms with Gasteiger partial charge in [-0.25, -0.2) is 13.2 Å². The number of carbonyl (C=O) groups excluding carboxylic acids is 1. The second kappa shape index (κ2) is 10.1. The molecule has 1 aliphatic heterocycles. The normalized spacial score (nSPS) is 21.3. The third-order valence-corrected chi connectivity index (χ3v) is 7.25. The van der Waals surface area contributed by atoms with Crippen LogP contribution in [0.1, 0.15) is 61.3 Å². The van der Waals surface area contributed by atoms with E-state index in [1.165, 1.54) is 12.1 Å². The molecular formula is C29H26F4O3. The Morgan fingerprint density at radius 3 is 2.11 bits per heavy atom. The number of aryl methyl sites for hydroxylation is 1. The van der Waals surface area contributed by atoms with Crippen molar-refractivity contribution in [2.75, 3.05) is 6.61 Å². The number of ether oxygens (including phenoxy) is 2. The molecule has 0 amide bonds. The van der Waals surface area contributed by atoms with Gasteiger partial charge in [-0.2, -0.15) is 4.39 Å². The molecule has 0 spiro atoms. The van der Waals surface area contributed by atoms with Crippen molar-refractivity contribution in [1.82, 2.24) is 0 Å². The van der Waals surface area contributed by atoms with E-state index in [2.05, 4.69) is 0 Å². The van der Waals surface area contributed by atoms with Gasteiger partial charge < -0.3 is 9.47 Å². The van der Waals surface area contributed by atoms with E-state index in [0.717, 1.165) is 12.0 Å². The van der Waals surface area contributed by atoms with Crippen LogP contribution in [-0.4, -0.2) is 12.6 Å². The highest BCUT2D eigenvalue weighted by molar-refractivity contribution is 5.76. The van der Waals surface area contributed by atoms with E-state index >= 15 is 0 Å². The number of carbonyl (C=O) groups is 1. The summed E-state index contributed by atoms with van der Waals surface area (Å²) < 4.78 is 68.8. The van der Waals surface area contributed by atoms with Crippen LogP contribution < -0.4 is 4.74 Å². The lowest BCUT2D eigenvalue weighted by Gasteiger charge is -2.28. The summed E-state index contributed by atoms with van der Waals surface area (Å²) in [6, 6.07) is 13.0. The van der Waals surface area contributed by atoms with Crippen LogP contribution in [0.5, 0.6) is 5.75 Å². The molecule has 36 heavy (non-hydrogen) atoms. The molecule has 1 heterocycles. The molecule has 7 heteroatoms. The Labute approximate surface area is 207 Å². The van der Waals surface area contributed by atoms with Gasteiger partial charge in [0.05, 0.1) is 12.5 Å². The molecule has 1 aliphatic carbocycles. The molecule has 1 unspecified atom stereocenters. The molecule has 3 aromatic carbocycles. The Hall–Kier alpha value is -3.19. The van der Waals surface area contributed by atoms with E-state index in [1.807, 2.05) is 19.1 Å². The van der Waals surface area contributed by atoms with Gasteiger partial charge in [0, 0.05) is 11.1 Å². The zero-order chi connectivity index (χ0) is 25.4. The quantitative estimate of drug-likeness (QED) is 0.154. The van der Waals surface area contributed by atoms with Gasteiger partial charge in [0.1, 0.15) is 6.10 Å². The maximum absolute atomic E-state index is 14.8. The number of rotatable bonds is 6. The SMILES string of the molecule is CCc1ccc(-c2ccc(OC(=O)C3CCC(c4ccc(C5CO5)c(F)c4F)CC3)c(F)c2F)cc1. The van der Waals surface area contributed by atoms with Crippen LogP contribution >= 0.6 is 0 Å². The van der Waals surface area contributed by atoms with E-state index in [-0.39, 0.29) is 23.1 Å². The fraction of sp³-hybridized carbons (Fsp3) is 0.345. The molecule has 188 valence electrons. The molecule has 0 bridgehead atoms. The summed E-state index contributed by atoms with van der Waals surface area (Å²) in [5, 5.41) is 0. The lowest BCUT2D eigenvalue weighted by atomic mass is 9.78. The minimum Gasteiger partial charge on any atom is -0.423 e. The monoisotopic (exact) mass is 498 g/mol. The predicted octanol–water partition coefficient (Wildman–Crippen LogP) is 7.42. The van der Waals surface area contributed by atoms with Crippen molar-refractivity contribution in [3.05, 3.63) is 88.5 Å². The van der Waals surface area contributed by atoms with Crippen molar-refractivity contribution in [3.63, 3.8) is 0 Å². The van der Waals surface area contributed by atoms with Gasteiger partial charge in [-0.3, -0.25) is 4.79 Å². The molecule has 3 aromatic rings. The van der Waals surface area contributed by atoms with Gasteiger partial charge >= 0.3 is 5.97 Å². The first-order chi connectivity index (χ1) is 17.4. The summed E-state index contributed by atoms with van der Waals surface area (Å²) in [5.74, 6) is -5.91. The molecule has 1 atom stereocenters. The first-order valence-corrected chi connectivity index (χ1v) is 12.3. The summed E-state index contributed by atoms with van der Waals surface area (Å²) in [6.45, 7) is 2.40. The second-order valence-electron chi connectivity index (χ2n) is 9.45. The van der Waals surface area contributed by atoms with Gasteiger partial charge in [-0.1, -0.05) is 43.3 Å². The summed E-state index contributed by atoms with van der Waals surface area (Å²) in [7, 11) is 0. The van der Waals surface area contributed by atoms with Crippen molar-refractivity contribution in [1.29, 1.82) is 0 Å². The molecule has 2 aliphatic rings. The topological polar surface area (TPSA) is 38.8 Å². The Morgan fingerprint density at radius 1 is 0.833 bits per heavy atom. The van der Waals surface area contributed by atoms with Crippen LogP contribution in [-0.2, 0) is 16.0 Å². The van der Waals surface area contributed by atoms with Gasteiger partial charge in [0.2, 0.25) is 5.82 Å². The Balaban J connectivity index is 1.23. The fourth-order valence-corrected chi connectivity index (χ4v) is 4.96. The fourth-order valence-electron chi connectivity index (χ4n) is 4.96. The van der Waals surface area contributed by atoms with Crippen molar-refractivity contribution in [2.24, 2.45) is 5.92 Å². The smallest absolute Gasteiger partial charge is 0.314 e. The molecule has 0 radical (unpaired) electrons. The van der Waals surface area contributed by atoms with E-state index in [1.54, 1.807) is 24.3 Å². The predicted molar refractivity (Wildman–Crippen MR) is 127 cm³/mol. The first-order valence-electron chi connectivity index (χ1n) is 12.3. The van der Waals surface area contributed by atoms with Crippen molar-refractivity contribution < 1.29 is 31.8 Å².